The van der Waals surface area contributed by atoms with E-state index in [1.807, 2.05) is 13.8 Å². The van der Waals surface area contributed by atoms with E-state index in [9.17, 15) is 9.90 Å². The van der Waals surface area contributed by atoms with Crippen LogP contribution >= 0.6 is 0 Å². The standard InChI is InChI=1S/C10H18N2O2/c1-4-5-11-9(14)12-6-8(13)10(2,3)7-12/h4,8,13H,1,5-7H2,2-3H3,(H,11,14). The number of nitrogens with zero attached hydrogens (tertiary/aromatic N) is 1. The SMILES string of the molecule is C=CCNC(=O)N1CC(O)C(C)(C)C1. The van der Waals surface area contributed by atoms with Crippen molar-refractivity contribution in [1.29, 1.82) is 0 Å². The van der Waals surface area contributed by atoms with Crippen LogP contribution in [0.5, 0.6) is 0 Å². The summed E-state index contributed by atoms with van der Waals surface area (Å²) in [5, 5.41) is 12.4. The number of hydrogen-bond donors (Lipinski definition) is 2. The van der Waals surface area contributed by atoms with Crippen LogP contribution in [-0.4, -0.2) is 41.8 Å². The van der Waals surface area contributed by atoms with Crippen molar-refractivity contribution in [1.82, 2.24) is 10.2 Å². The van der Waals surface area contributed by atoms with Gasteiger partial charge in [0.05, 0.1) is 6.10 Å². The van der Waals surface area contributed by atoms with Crippen molar-refractivity contribution in [3.63, 3.8) is 0 Å². The minimum atomic E-state index is -0.433. The summed E-state index contributed by atoms with van der Waals surface area (Å²) in [6, 6.07) is -0.130. The Hall–Kier alpha value is -1.03. The van der Waals surface area contributed by atoms with Crippen LogP contribution in [0.2, 0.25) is 0 Å². The Kier molecular flexibility index (Phi) is 3.16. The molecular weight excluding hydrogens is 180 g/mol. The number of amides is 2. The van der Waals surface area contributed by atoms with Crippen molar-refractivity contribution >= 4 is 6.03 Å². The first-order chi connectivity index (χ1) is 6.47. The maximum Gasteiger partial charge on any atom is 0.317 e. The highest BCUT2D eigenvalue weighted by Crippen LogP contribution is 2.29. The lowest BCUT2D eigenvalue weighted by Gasteiger charge is -2.20. The molecule has 1 rings (SSSR count). The lowest BCUT2D eigenvalue weighted by atomic mass is 9.90. The minimum absolute atomic E-state index is 0.130. The number of urea groups is 1. The van der Waals surface area contributed by atoms with Crippen LogP contribution < -0.4 is 5.32 Å². The highest BCUT2D eigenvalue weighted by Gasteiger charge is 2.39. The molecule has 1 fully saturated rings. The summed E-state index contributed by atoms with van der Waals surface area (Å²) in [7, 11) is 0. The fraction of sp³-hybridized carbons (Fsp3) is 0.700. The summed E-state index contributed by atoms with van der Waals surface area (Å²) in [5.41, 5.74) is -0.203. The number of aliphatic hydroxyl groups excluding tert-OH is 1. The van der Waals surface area contributed by atoms with Crippen LogP contribution in [0.3, 0.4) is 0 Å². The van der Waals surface area contributed by atoms with Gasteiger partial charge in [0, 0.05) is 25.0 Å². The quantitative estimate of drug-likeness (QED) is 0.638. The summed E-state index contributed by atoms with van der Waals surface area (Å²) < 4.78 is 0. The predicted octanol–water partition coefficient (Wildman–Crippen LogP) is 0.585. The van der Waals surface area contributed by atoms with Crippen molar-refractivity contribution in [3.05, 3.63) is 12.7 Å². The molecule has 1 saturated heterocycles. The molecule has 1 unspecified atom stereocenters. The van der Waals surface area contributed by atoms with E-state index in [1.165, 1.54) is 0 Å². The van der Waals surface area contributed by atoms with Crippen LogP contribution in [0.1, 0.15) is 13.8 Å². The van der Waals surface area contributed by atoms with E-state index >= 15 is 0 Å². The molecule has 0 aliphatic carbocycles. The van der Waals surface area contributed by atoms with Gasteiger partial charge in [-0.05, 0) is 0 Å². The van der Waals surface area contributed by atoms with E-state index < -0.39 is 6.10 Å². The number of likely N-dealkylation sites (tertiary alicyclic amines) is 1. The second-order valence-electron chi connectivity index (χ2n) is 4.36. The number of carbonyl (C=O) groups is 1. The maximum atomic E-state index is 11.5. The third-order valence-corrected chi connectivity index (χ3v) is 2.58. The van der Waals surface area contributed by atoms with Gasteiger partial charge < -0.3 is 15.3 Å². The van der Waals surface area contributed by atoms with Crippen molar-refractivity contribution in [2.75, 3.05) is 19.6 Å². The highest BCUT2D eigenvalue weighted by molar-refractivity contribution is 5.74. The second kappa shape index (κ2) is 4.00. The molecule has 0 aromatic rings. The Balaban J connectivity index is 2.49. The highest BCUT2D eigenvalue weighted by atomic mass is 16.3. The van der Waals surface area contributed by atoms with Crippen LogP contribution in [0.4, 0.5) is 4.79 Å². The van der Waals surface area contributed by atoms with Crippen molar-refractivity contribution in [2.45, 2.75) is 20.0 Å². The van der Waals surface area contributed by atoms with Gasteiger partial charge in [-0.25, -0.2) is 4.79 Å². The third kappa shape index (κ3) is 2.26. The fourth-order valence-corrected chi connectivity index (χ4v) is 1.54. The molecule has 0 saturated carbocycles. The average molecular weight is 198 g/mol. The molecule has 1 atom stereocenters. The number of nitrogens with one attached hydrogen (secondary N) is 1. The molecule has 4 nitrogen and oxygen atoms in total. The summed E-state index contributed by atoms with van der Waals surface area (Å²) >= 11 is 0. The Morgan fingerprint density at radius 1 is 1.79 bits per heavy atom. The number of rotatable bonds is 2. The topological polar surface area (TPSA) is 52.6 Å². The molecule has 1 aliphatic rings. The predicted molar refractivity (Wildman–Crippen MR) is 55.0 cm³/mol. The second-order valence-corrected chi connectivity index (χ2v) is 4.36. The fourth-order valence-electron chi connectivity index (χ4n) is 1.54. The van der Waals surface area contributed by atoms with Crippen LogP contribution in [-0.2, 0) is 0 Å². The summed E-state index contributed by atoms with van der Waals surface area (Å²) in [6.07, 6.45) is 1.20. The first kappa shape index (κ1) is 11.0. The van der Waals surface area contributed by atoms with Gasteiger partial charge in [0.15, 0.2) is 0 Å². The van der Waals surface area contributed by atoms with Gasteiger partial charge in [-0.15, -0.1) is 6.58 Å². The zero-order valence-electron chi connectivity index (χ0n) is 8.79. The first-order valence-electron chi connectivity index (χ1n) is 4.79. The Morgan fingerprint density at radius 3 is 2.86 bits per heavy atom. The van der Waals surface area contributed by atoms with Gasteiger partial charge in [-0.1, -0.05) is 19.9 Å². The monoisotopic (exact) mass is 198 g/mol. The molecule has 1 aliphatic heterocycles. The van der Waals surface area contributed by atoms with Gasteiger partial charge in [-0.3, -0.25) is 0 Å². The van der Waals surface area contributed by atoms with Crippen molar-refractivity contribution < 1.29 is 9.90 Å². The number of carbonyl (C=O) groups excluding carboxylic acids is 1. The molecule has 0 aromatic carbocycles. The molecule has 4 heteroatoms. The molecule has 0 bridgehead atoms. The number of aliphatic hydroxyl groups is 1. The zero-order valence-corrected chi connectivity index (χ0v) is 8.79. The van der Waals surface area contributed by atoms with Crippen molar-refractivity contribution in [3.8, 4) is 0 Å². The number of β-amino-alcohol motifs (C(OH)–C–C–N with tert-alkyl or cyclic N) is 1. The lowest BCUT2D eigenvalue weighted by molar-refractivity contribution is 0.0957. The average Bonchev–Trinajstić information content (AvgIpc) is 2.37. The van der Waals surface area contributed by atoms with E-state index in [-0.39, 0.29) is 11.4 Å². The normalized spacial score (nSPS) is 24.8. The lowest BCUT2D eigenvalue weighted by Crippen LogP contribution is -2.39. The molecule has 0 aromatic heterocycles. The molecule has 80 valence electrons. The minimum Gasteiger partial charge on any atom is -0.391 e. The first-order valence-corrected chi connectivity index (χ1v) is 4.79. The smallest absolute Gasteiger partial charge is 0.317 e. The van der Waals surface area contributed by atoms with E-state index in [0.717, 1.165) is 0 Å². The molecule has 14 heavy (non-hydrogen) atoms. The summed E-state index contributed by atoms with van der Waals surface area (Å²) in [4.78, 5) is 13.1. The summed E-state index contributed by atoms with van der Waals surface area (Å²) in [6.45, 7) is 8.90. The van der Waals surface area contributed by atoms with E-state index in [4.69, 9.17) is 0 Å². The molecule has 2 N–H and O–H groups in total. The van der Waals surface area contributed by atoms with E-state index in [2.05, 4.69) is 11.9 Å². The van der Waals surface area contributed by atoms with Crippen molar-refractivity contribution in [2.24, 2.45) is 5.41 Å². The van der Waals surface area contributed by atoms with Gasteiger partial charge >= 0.3 is 6.03 Å². The van der Waals surface area contributed by atoms with Gasteiger partial charge in [0.2, 0.25) is 0 Å². The summed E-state index contributed by atoms with van der Waals surface area (Å²) in [5.74, 6) is 0. The third-order valence-electron chi connectivity index (χ3n) is 2.58. The Morgan fingerprint density at radius 2 is 2.43 bits per heavy atom. The van der Waals surface area contributed by atoms with Crippen LogP contribution in [0.15, 0.2) is 12.7 Å². The maximum absolute atomic E-state index is 11.5. The van der Waals surface area contributed by atoms with Gasteiger partial charge in [-0.2, -0.15) is 0 Å². The molecule has 0 radical (unpaired) electrons. The largest absolute Gasteiger partial charge is 0.391 e. The zero-order chi connectivity index (χ0) is 10.8. The van der Waals surface area contributed by atoms with E-state index in [1.54, 1.807) is 11.0 Å². The molecular formula is C10H18N2O2. The van der Waals surface area contributed by atoms with E-state index in [0.29, 0.717) is 19.6 Å². The Bertz CT molecular complexity index is 238. The van der Waals surface area contributed by atoms with Crippen LogP contribution in [0.25, 0.3) is 0 Å². The van der Waals surface area contributed by atoms with Gasteiger partial charge in [0.1, 0.15) is 0 Å². The molecule has 2 amide bonds. The van der Waals surface area contributed by atoms with Crippen LogP contribution in [0, 0.1) is 5.41 Å². The molecule has 1 heterocycles. The van der Waals surface area contributed by atoms with Gasteiger partial charge in [0.25, 0.3) is 0 Å². The number of hydrogen-bond acceptors (Lipinski definition) is 2. The molecule has 0 spiro atoms. The Labute approximate surface area is 84.6 Å².